The highest BCUT2D eigenvalue weighted by molar-refractivity contribution is 6.39. The van der Waals surface area contributed by atoms with Crippen LogP contribution in [0.1, 0.15) is 16.7 Å². The van der Waals surface area contributed by atoms with Crippen LogP contribution in [0.3, 0.4) is 0 Å². The van der Waals surface area contributed by atoms with Crippen molar-refractivity contribution in [3.63, 3.8) is 0 Å². The minimum Gasteiger partial charge on any atom is -0.490 e. The maximum Gasteiger partial charge on any atom is 0.864 e. The lowest BCUT2D eigenvalue weighted by Crippen LogP contribution is -2.36. The summed E-state index contributed by atoms with van der Waals surface area (Å²) in [5.41, 5.74) is 13.9. The van der Waals surface area contributed by atoms with Gasteiger partial charge in [-0.05, 0) is 109 Å². The Morgan fingerprint density at radius 2 is 0.552 bits per heavy atom. The average molecular weight is 815 g/mol. The van der Waals surface area contributed by atoms with Crippen molar-refractivity contribution in [2.45, 2.75) is 18.5 Å². The molecular formula is C39H27BF9N3O6. The highest BCUT2D eigenvalue weighted by Crippen LogP contribution is 2.42. The zero-order valence-corrected chi connectivity index (χ0v) is 29.3. The summed E-state index contributed by atoms with van der Waals surface area (Å²) in [6, 6.07) is 24.4. The predicted molar refractivity (Wildman–Crippen MR) is 195 cm³/mol. The van der Waals surface area contributed by atoms with Gasteiger partial charge < -0.3 is 45.4 Å². The van der Waals surface area contributed by atoms with Gasteiger partial charge in [-0.25, -0.2) is 0 Å². The van der Waals surface area contributed by atoms with Crippen molar-refractivity contribution in [2.75, 3.05) is 17.2 Å². The zero-order valence-electron chi connectivity index (χ0n) is 29.3. The fraction of sp³-hybridized carbons (Fsp3) is 0.0769. The van der Waals surface area contributed by atoms with Gasteiger partial charge in [0, 0.05) is 35.3 Å². The van der Waals surface area contributed by atoms with Crippen LogP contribution in [-0.2, 0) is 18.5 Å². The lowest BCUT2D eigenvalue weighted by Gasteiger charge is -2.18. The van der Waals surface area contributed by atoms with E-state index in [1.165, 1.54) is 72.8 Å². The van der Waals surface area contributed by atoms with Crippen molar-refractivity contribution in [3.8, 4) is 51.7 Å². The molecule has 0 atom stereocenters. The Morgan fingerprint density at radius 1 is 0.328 bits per heavy atom. The molecule has 0 saturated heterocycles. The molecule has 0 spiro atoms. The van der Waals surface area contributed by atoms with Crippen LogP contribution in [0.4, 0.5) is 56.6 Å². The monoisotopic (exact) mass is 815 g/mol. The Kier molecular flexibility index (Phi) is 11.3. The number of alkyl halides is 9. The molecular weight excluding hydrogens is 788 g/mol. The topological polar surface area (TPSA) is 133 Å². The number of rotatable bonds is 12. The largest absolute Gasteiger partial charge is 0.864 e. The summed E-state index contributed by atoms with van der Waals surface area (Å²) >= 11 is 0. The highest BCUT2D eigenvalue weighted by atomic mass is 19.4. The summed E-state index contributed by atoms with van der Waals surface area (Å²) in [7, 11) is -1.63. The van der Waals surface area contributed by atoms with E-state index in [4.69, 9.17) is 45.4 Å². The summed E-state index contributed by atoms with van der Waals surface area (Å²) < 4.78 is 156. The van der Waals surface area contributed by atoms with Crippen LogP contribution >= 0.6 is 0 Å². The molecule has 6 aromatic carbocycles. The predicted octanol–water partition coefficient (Wildman–Crippen LogP) is 11.4. The Bertz CT molecular complexity index is 2100. The first-order valence-corrected chi connectivity index (χ1v) is 16.5. The van der Waals surface area contributed by atoms with Crippen LogP contribution < -0.4 is 45.4 Å². The minimum absolute atomic E-state index is 0.0179. The third kappa shape index (κ3) is 10.4. The molecule has 6 aromatic rings. The number of halogens is 9. The first kappa shape index (κ1) is 40.6. The van der Waals surface area contributed by atoms with Gasteiger partial charge in [0.05, 0.1) is 16.7 Å². The van der Waals surface area contributed by atoms with Crippen LogP contribution in [0.25, 0.3) is 0 Å². The van der Waals surface area contributed by atoms with E-state index in [0.29, 0.717) is 0 Å². The molecule has 300 valence electrons. The Balaban J connectivity index is 1.22. The molecule has 0 heterocycles. The minimum atomic E-state index is -4.73. The number of ether oxygens (including phenoxy) is 3. The molecule has 0 aliphatic rings. The number of benzene rings is 6. The van der Waals surface area contributed by atoms with Crippen molar-refractivity contribution < 1.29 is 67.7 Å². The molecule has 6 N–H and O–H groups in total. The maximum absolute atomic E-state index is 13.6. The van der Waals surface area contributed by atoms with Gasteiger partial charge in [-0.1, -0.05) is 0 Å². The lowest BCUT2D eigenvalue weighted by molar-refractivity contribution is -0.139. The number of anilines is 3. The summed E-state index contributed by atoms with van der Waals surface area (Å²) in [6.07, 6.45) is -14.2. The lowest BCUT2D eigenvalue weighted by atomic mass is 10.1. The fourth-order valence-electron chi connectivity index (χ4n) is 5.12. The van der Waals surface area contributed by atoms with Gasteiger partial charge in [0.25, 0.3) is 0 Å². The van der Waals surface area contributed by atoms with E-state index in [0.717, 1.165) is 54.6 Å². The Morgan fingerprint density at radius 3 is 0.776 bits per heavy atom. The number of nitrogens with two attached hydrogens (primary N) is 3. The summed E-state index contributed by atoms with van der Waals surface area (Å²) in [4.78, 5) is 0. The van der Waals surface area contributed by atoms with Crippen LogP contribution in [0, 0.1) is 0 Å². The molecule has 0 radical (unpaired) electrons. The van der Waals surface area contributed by atoms with Gasteiger partial charge in [0.15, 0.2) is 0 Å². The molecule has 0 unspecified atom stereocenters. The zero-order chi connectivity index (χ0) is 41.8. The second kappa shape index (κ2) is 16.2. The van der Waals surface area contributed by atoms with E-state index >= 15 is 0 Å². The second-order valence-electron chi connectivity index (χ2n) is 12.1. The van der Waals surface area contributed by atoms with Crippen molar-refractivity contribution in [2.24, 2.45) is 0 Å². The van der Waals surface area contributed by atoms with Crippen molar-refractivity contribution in [1.82, 2.24) is 0 Å². The highest BCUT2D eigenvalue weighted by Gasteiger charge is 2.37. The van der Waals surface area contributed by atoms with E-state index in [1.54, 1.807) is 0 Å². The molecule has 0 saturated carbocycles. The third-order valence-electron chi connectivity index (χ3n) is 7.78. The van der Waals surface area contributed by atoms with Crippen LogP contribution in [-0.4, -0.2) is 7.32 Å². The average Bonchev–Trinajstić information content (AvgIpc) is 3.12. The third-order valence-corrected chi connectivity index (χ3v) is 7.78. The number of hydrogen-bond acceptors (Lipinski definition) is 9. The molecule has 0 aliphatic heterocycles. The standard InChI is InChI=1S/C39H27BF9N3O6/c41-37(42,43)31-16-1-22(50)19-34(31)53-25-4-10-28(11-5-25)56-40(57-29-12-6-26(7-13-29)54-35-20-23(51)2-17-32(35)38(44,45)46)58-30-14-8-27(9-15-30)55-36-21-24(52)3-18-33(36)39(47,48)49/h1-21H,50-52H2. The second-order valence-corrected chi connectivity index (χ2v) is 12.1. The number of hydrogen-bond donors (Lipinski definition) is 3. The van der Waals surface area contributed by atoms with Crippen LogP contribution in [0.2, 0.25) is 0 Å². The first-order valence-electron chi connectivity index (χ1n) is 16.5. The van der Waals surface area contributed by atoms with Crippen molar-refractivity contribution >= 4 is 24.4 Å². The maximum atomic E-state index is 13.6. The molecule has 0 bridgehead atoms. The Hall–Kier alpha value is -7.05. The van der Waals surface area contributed by atoms with E-state index in [1.807, 2.05) is 0 Å². The summed E-state index contributed by atoms with van der Waals surface area (Å²) in [5, 5.41) is 0. The number of nitrogen functional groups attached to an aromatic ring is 3. The van der Waals surface area contributed by atoms with Crippen LogP contribution in [0.15, 0.2) is 127 Å². The molecule has 58 heavy (non-hydrogen) atoms. The Labute approximate surface area is 323 Å². The van der Waals surface area contributed by atoms with Gasteiger partial charge in [-0.15, -0.1) is 0 Å². The normalized spacial score (nSPS) is 11.7. The molecule has 9 nitrogen and oxygen atoms in total. The van der Waals surface area contributed by atoms with Crippen LogP contribution in [0.5, 0.6) is 51.7 Å². The summed E-state index contributed by atoms with van der Waals surface area (Å²) in [5.74, 6) is -1.50. The van der Waals surface area contributed by atoms with Crippen molar-refractivity contribution in [1.29, 1.82) is 0 Å². The molecule has 0 amide bonds. The van der Waals surface area contributed by atoms with Gasteiger partial charge in [0.1, 0.15) is 51.7 Å². The van der Waals surface area contributed by atoms with Gasteiger partial charge in [-0.2, -0.15) is 39.5 Å². The molecule has 0 aliphatic carbocycles. The van der Waals surface area contributed by atoms with Gasteiger partial charge in [-0.3, -0.25) is 0 Å². The smallest absolute Gasteiger partial charge is 0.490 e. The van der Waals surface area contributed by atoms with E-state index in [-0.39, 0.29) is 51.6 Å². The molecule has 19 heteroatoms. The molecule has 6 rings (SSSR count). The SMILES string of the molecule is Nc1ccc(C(F)(F)F)c(Oc2ccc(OB(Oc3ccc(Oc4cc(N)ccc4C(F)(F)F)cc3)Oc3ccc(Oc4cc(N)ccc4C(F)(F)F)cc3)cc2)c1. The fourth-order valence-corrected chi connectivity index (χ4v) is 5.12. The molecule has 0 fully saturated rings. The van der Waals surface area contributed by atoms with E-state index in [9.17, 15) is 39.5 Å². The van der Waals surface area contributed by atoms with Crippen molar-refractivity contribution in [3.05, 3.63) is 144 Å². The first-order chi connectivity index (χ1) is 27.3. The van der Waals surface area contributed by atoms with Gasteiger partial charge >= 0.3 is 25.9 Å². The van der Waals surface area contributed by atoms with E-state index in [2.05, 4.69) is 0 Å². The van der Waals surface area contributed by atoms with E-state index < -0.39 is 59.8 Å². The molecule has 0 aromatic heterocycles. The quantitative estimate of drug-likeness (QED) is 0.0627. The summed E-state index contributed by atoms with van der Waals surface area (Å²) in [6.45, 7) is 0. The van der Waals surface area contributed by atoms with Gasteiger partial charge in [0.2, 0.25) is 0 Å².